The number of hydrogen-bond donors (Lipinski definition) is 1. The van der Waals surface area contributed by atoms with Crippen LogP contribution in [-0.2, 0) is 5.75 Å². The number of likely N-dealkylation sites (N-methyl/N-ethyl adjacent to an activating group) is 1. The molecule has 1 aliphatic heterocycles. The molecule has 1 saturated heterocycles. The van der Waals surface area contributed by atoms with E-state index in [1.807, 2.05) is 20.9 Å². The average Bonchev–Trinajstić information content (AvgIpc) is 3.12. The normalized spacial score (nSPS) is 15.2. The molecule has 6 nitrogen and oxygen atoms in total. The Morgan fingerprint density at radius 2 is 1.93 bits per heavy atom. The molecule has 0 spiro atoms. The number of rotatable bonds is 5. The van der Waals surface area contributed by atoms with E-state index < -0.39 is 11.6 Å². The smallest absolute Gasteiger partial charge is 0.177 e. The Bertz CT molecular complexity index is 1080. The molecule has 0 bridgehead atoms. The zero-order valence-electron chi connectivity index (χ0n) is 17.6. The number of thioether (sulfide) groups is 1. The average molecular weight is 434 g/mol. The lowest BCUT2D eigenvalue weighted by molar-refractivity contribution is 0.310. The number of ether oxygens (including phenoxy) is 1. The number of imidazole rings is 1. The van der Waals surface area contributed by atoms with E-state index in [1.54, 1.807) is 18.2 Å². The highest BCUT2D eigenvalue weighted by Gasteiger charge is 2.24. The van der Waals surface area contributed by atoms with Crippen LogP contribution >= 0.6 is 11.8 Å². The predicted octanol–water partition coefficient (Wildman–Crippen LogP) is 3.91. The highest BCUT2D eigenvalue weighted by molar-refractivity contribution is 7.98. The molecule has 0 atom stereocenters. The van der Waals surface area contributed by atoms with Crippen LogP contribution in [0.5, 0.6) is 5.75 Å². The van der Waals surface area contributed by atoms with Crippen molar-refractivity contribution in [2.75, 3.05) is 45.2 Å². The van der Waals surface area contributed by atoms with Crippen molar-refractivity contribution < 1.29 is 13.5 Å². The van der Waals surface area contributed by atoms with Gasteiger partial charge < -0.3 is 19.5 Å². The van der Waals surface area contributed by atoms with E-state index >= 15 is 4.39 Å². The molecule has 0 radical (unpaired) electrons. The molecule has 0 amide bonds. The van der Waals surface area contributed by atoms with Crippen LogP contribution in [0.3, 0.4) is 0 Å². The molecular weight excluding hydrogens is 408 g/mol. The van der Waals surface area contributed by atoms with E-state index in [9.17, 15) is 4.39 Å². The maximum atomic E-state index is 15.2. The Kier molecular flexibility index (Phi) is 5.84. The lowest BCUT2D eigenvalue weighted by Gasteiger charge is -2.34. The first-order valence-electron chi connectivity index (χ1n) is 9.82. The summed E-state index contributed by atoms with van der Waals surface area (Å²) in [6, 6.07) is 1.33. The second-order valence-electron chi connectivity index (χ2n) is 7.58. The number of halogens is 2. The number of benzene rings is 1. The van der Waals surface area contributed by atoms with Gasteiger partial charge in [-0.15, -0.1) is 0 Å². The quantitative estimate of drug-likeness (QED) is 0.616. The van der Waals surface area contributed by atoms with Gasteiger partial charge in [-0.1, -0.05) is 11.8 Å². The fourth-order valence-electron chi connectivity index (χ4n) is 3.79. The third kappa shape index (κ3) is 3.83. The summed E-state index contributed by atoms with van der Waals surface area (Å²) in [5.41, 5.74) is 3.35. The molecule has 1 aromatic carbocycles. The maximum Gasteiger partial charge on any atom is 0.177 e. The number of methoxy groups -OCH3 is 1. The number of H-pyrrole nitrogens is 1. The lowest BCUT2D eigenvalue weighted by Crippen LogP contribution is -2.45. The Hall–Kier alpha value is -2.39. The van der Waals surface area contributed by atoms with Crippen molar-refractivity contribution >= 4 is 28.5 Å². The molecule has 1 fully saturated rings. The van der Waals surface area contributed by atoms with Gasteiger partial charge in [0.1, 0.15) is 17.0 Å². The van der Waals surface area contributed by atoms with Crippen molar-refractivity contribution in [3.63, 3.8) is 0 Å². The summed E-state index contributed by atoms with van der Waals surface area (Å²) in [7, 11) is 3.64. The van der Waals surface area contributed by atoms with Gasteiger partial charge in [-0.05, 0) is 20.9 Å². The van der Waals surface area contributed by atoms with Gasteiger partial charge in [0.05, 0.1) is 18.3 Å². The Balaban J connectivity index is 1.59. The van der Waals surface area contributed by atoms with Gasteiger partial charge in [0.2, 0.25) is 0 Å². The monoisotopic (exact) mass is 433 g/mol. The number of nitrogens with zero attached hydrogens (tertiary/aromatic N) is 4. The number of pyridine rings is 1. The molecular formula is C21H25F2N5OS. The topological polar surface area (TPSA) is 57.3 Å². The standard InChI is InChI=1S/C21H25F2N5OS/c1-12-10-24-16(13(2)20(12)29-4)11-30-21-25-15-9-14(22)19(17(23)18(15)26-21)28-7-5-27(3)6-8-28/h9-10H,5-8,11H2,1-4H3,(H,25,26). The number of anilines is 1. The molecule has 9 heteroatoms. The maximum absolute atomic E-state index is 15.2. The van der Waals surface area contributed by atoms with Crippen LogP contribution in [0.4, 0.5) is 14.5 Å². The number of fused-ring (bicyclic) bond motifs is 1. The zero-order chi connectivity index (χ0) is 21.4. The van der Waals surface area contributed by atoms with E-state index in [2.05, 4.69) is 19.9 Å². The summed E-state index contributed by atoms with van der Waals surface area (Å²) in [4.78, 5) is 15.8. The Morgan fingerprint density at radius 3 is 2.63 bits per heavy atom. The molecule has 3 aromatic rings. The molecule has 0 saturated carbocycles. The molecule has 4 rings (SSSR count). The zero-order valence-corrected chi connectivity index (χ0v) is 18.4. The minimum Gasteiger partial charge on any atom is -0.496 e. The fourth-order valence-corrected chi connectivity index (χ4v) is 4.69. The third-order valence-corrected chi connectivity index (χ3v) is 6.42. The highest BCUT2D eigenvalue weighted by atomic mass is 32.2. The molecule has 2 aromatic heterocycles. The third-order valence-electron chi connectivity index (χ3n) is 5.54. The molecule has 0 aliphatic carbocycles. The number of aryl methyl sites for hydroxylation is 1. The Labute approximate surface area is 178 Å². The summed E-state index contributed by atoms with van der Waals surface area (Å²) >= 11 is 1.40. The van der Waals surface area contributed by atoms with Gasteiger partial charge in [-0.3, -0.25) is 4.98 Å². The van der Waals surface area contributed by atoms with Gasteiger partial charge >= 0.3 is 0 Å². The first-order chi connectivity index (χ1) is 14.4. The second kappa shape index (κ2) is 8.39. The van der Waals surface area contributed by atoms with Crippen molar-refractivity contribution in [2.24, 2.45) is 0 Å². The summed E-state index contributed by atoms with van der Waals surface area (Å²) in [5, 5.41) is 0.527. The van der Waals surface area contributed by atoms with Crippen LogP contribution in [0.25, 0.3) is 11.0 Å². The van der Waals surface area contributed by atoms with Gasteiger partial charge in [-0.25, -0.2) is 13.8 Å². The summed E-state index contributed by atoms with van der Waals surface area (Å²) in [6.45, 7) is 6.62. The van der Waals surface area contributed by atoms with Crippen LogP contribution in [0.15, 0.2) is 17.4 Å². The van der Waals surface area contributed by atoms with E-state index in [1.165, 1.54) is 17.8 Å². The first kappa shape index (κ1) is 20.9. The molecule has 3 heterocycles. The largest absolute Gasteiger partial charge is 0.496 e. The molecule has 30 heavy (non-hydrogen) atoms. The van der Waals surface area contributed by atoms with Gasteiger partial charge in [0.25, 0.3) is 0 Å². The van der Waals surface area contributed by atoms with E-state index in [0.717, 1.165) is 35.7 Å². The summed E-state index contributed by atoms with van der Waals surface area (Å²) in [6.07, 6.45) is 1.78. The SMILES string of the molecule is COc1c(C)cnc(CSc2nc3c(F)c(N4CCN(C)CC4)c(F)cc3[nH]2)c1C. The first-order valence-corrected chi connectivity index (χ1v) is 10.8. The van der Waals surface area contributed by atoms with Crippen molar-refractivity contribution in [3.8, 4) is 5.75 Å². The van der Waals surface area contributed by atoms with Crippen LogP contribution in [0, 0.1) is 25.5 Å². The number of nitrogens with one attached hydrogen (secondary N) is 1. The Morgan fingerprint density at radius 1 is 1.20 bits per heavy atom. The fraction of sp³-hybridized carbons (Fsp3) is 0.429. The summed E-state index contributed by atoms with van der Waals surface area (Å²) in [5.74, 6) is 0.183. The van der Waals surface area contributed by atoms with E-state index in [-0.39, 0.29) is 11.2 Å². The number of hydrogen-bond acceptors (Lipinski definition) is 6. The van der Waals surface area contributed by atoms with Gasteiger partial charge in [-0.2, -0.15) is 0 Å². The second-order valence-corrected chi connectivity index (χ2v) is 8.55. The number of aromatic amines is 1. The van der Waals surface area contributed by atoms with Gasteiger partial charge in [0.15, 0.2) is 16.8 Å². The van der Waals surface area contributed by atoms with Crippen LogP contribution in [0.1, 0.15) is 16.8 Å². The van der Waals surface area contributed by atoms with Gasteiger partial charge in [0, 0.05) is 55.3 Å². The number of piperazine rings is 1. The van der Waals surface area contributed by atoms with Crippen LogP contribution in [0.2, 0.25) is 0 Å². The van der Waals surface area contributed by atoms with Crippen LogP contribution in [-0.4, -0.2) is 60.2 Å². The molecule has 0 unspecified atom stereocenters. The minimum atomic E-state index is -0.607. The molecule has 1 N–H and O–H groups in total. The molecule has 1 aliphatic rings. The highest BCUT2D eigenvalue weighted by Crippen LogP contribution is 2.33. The lowest BCUT2D eigenvalue weighted by atomic mass is 10.1. The minimum absolute atomic E-state index is 0.0134. The van der Waals surface area contributed by atoms with E-state index in [4.69, 9.17) is 4.74 Å². The molecule has 160 valence electrons. The summed E-state index contributed by atoms with van der Waals surface area (Å²) < 4.78 is 35.4. The van der Waals surface area contributed by atoms with Crippen LogP contribution < -0.4 is 9.64 Å². The van der Waals surface area contributed by atoms with Crippen molar-refractivity contribution in [1.29, 1.82) is 0 Å². The van der Waals surface area contributed by atoms with Crippen molar-refractivity contribution in [1.82, 2.24) is 19.9 Å². The predicted molar refractivity (Wildman–Crippen MR) is 116 cm³/mol. The van der Waals surface area contributed by atoms with E-state index in [0.29, 0.717) is 29.5 Å². The van der Waals surface area contributed by atoms with Crippen molar-refractivity contribution in [2.45, 2.75) is 24.8 Å². The number of aromatic nitrogens is 3. The van der Waals surface area contributed by atoms with Crippen molar-refractivity contribution in [3.05, 3.63) is 40.7 Å².